The third-order valence-electron chi connectivity index (χ3n) is 3.87. The van der Waals surface area contributed by atoms with Crippen molar-refractivity contribution < 1.29 is 14.2 Å². The third-order valence-corrected chi connectivity index (χ3v) is 4.52. The van der Waals surface area contributed by atoms with Crippen LogP contribution in [0, 0.1) is 11.7 Å². The van der Waals surface area contributed by atoms with Gasteiger partial charge in [-0.15, -0.1) is 0 Å². The molecule has 1 saturated carbocycles. The lowest BCUT2D eigenvalue weighted by molar-refractivity contribution is -0.0274. The average Bonchev–Trinajstić information content (AvgIpc) is 2.46. The molecule has 0 aromatic heterocycles. The quantitative estimate of drug-likeness (QED) is 0.807. The highest BCUT2D eigenvalue weighted by atomic mass is 79.9. The van der Waals surface area contributed by atoms with E-state index in [-0.39, 0.29) is 11.9 Å². The average molecular weight is 360 g/mol. The molecule has 3 unspecified atom stereocenters. The molecule has 3 atom stereocenters. The molecule has 118 valence electrons. The lowest BCUT2D eigenvalue weighted by atomic mass is 9.89. The van der Waals surface area contributed by atoms with Gasteiger partial charge in [-0.05, 0) is 52.9 Å². The number of ether oxygens (including phenoxy) is 1. The van der Waals surface area contributed by atoms with Gasteiger partial charge in [-0.1, -0.05) is 19.8 Å². The molecule has 0 radical (unpaired) electrons. The molecule has 0 saturated heterocycles. The molecular formula is C16H23BrFNO2. The molecule has 2 rings (SSSR count). The first-order valence-corrected chi connectivity index (χ1v) is 8.32. The van der Waals surface area contributed by atoms with Gasteiger partial charge in [0, 0.05) is 12.2 Å². The molecule has 1 aromatic carbocycles. The Morgan fingerprint density at radius 3 is 3.00 bits per heavy atom. The lowest BCUT2D eigenvalue weighted by Crippen LogP contribution is -2.30. The van der Waals surface area contributed by atoms with Crippen LogP contribution in [0.3, 0.4) is 0 Å². The Morgan fingerprint density at radius 2 is 2.29 bits per heavy atom. The van der Waals surface area contributed by atoms with Crippen LogP contribution in [0.25, 0.3) is 0 Å². The summed E-state index contributed by atoms with van der Waals surface area (Å²) in [6.07, 6.45) is 4.33. The van der Waals surface area contributed by atoms with E-state index in [1.54, 1.807) is 12.1 Å². The maximum absolute atomic E-state index is 13.4. The van der Waals surface area contributed by atoms with Crippen molar-refractivity contribution in [2.24, 2.45) is 5.92 Å². The fourth-order valence-corrected chi connectivity index (χ4v) is 2.92. The van der Waals surface area contributed by atoms with Gasteiger partial charge in [0.05, 0.1) is 23.3 Å². The number of halogens is 2. The summed E-state index contributed by atoms with van der Waals surface area (Å²) in [5.74, 6) is 0.395. The van der Waals surface area contributed by atoms with Crippen LogP contribution >= 0.6 is 15.9 Å². The number of aliphatic hydroxyl groups is 1. The van der Waals surface area contributed by atoms with E-state index >= 15 is 0 Å². The van der Waals surface area contributed by atoms with Gasteiger partial charge in [0.25, 0.3) is 0 Å². The van der Waals surface area contributed by atoms with Crippen molar-refractivity contribution in [2.75, 3.05) is 18.5 Å². The van der Waals surface area contributed by atoms with Gasteiger partial charge in [0.1, 0.15) is 5.82 Å². The number of aliphatic hydroxyl groups excluding tert-OH is 1. The second-order valence-corrected chi connectivity index (χ2v) is 6.75. The minimum absolute atomic E-state index is 0.272. The van der Waals surface area contributed by atoms with E-state index in [9.17, 15) is 9.50 Å². The van der Waals surface area contributed by atoms with E-state index in [4.69, 9.17) is 4.74 Å². The molecule has 1 aliphatic carbocycles. The maximum atomic E-state index is 13.4. The zero-order chi connectivity index (χ0) is 15.2. The van der Waals surface area contributed by atoms with Crippen molar-refractivity contribution in [3.05, 3.63) is 28.5 Å². The van der Waals surface area contributed by atoms with Crippen molar-refractivity contribution in [3.8, 4) is 0 Å². The highest BCUT2D eigenvalue weighted by molar-refractivity contribution is 9.10. The molecule has 1 aliphatic rings. The first kappa shape index (κ1) is 16.7. The van der Waals surface area contributed by atoms with E-state index < -0.39 is 6.10 Å². The normalized spacial score (nSPS) is 23.8. The first-order valence-electron chi connectivity index (χ1n) is 7.53. The third kappa shape index (κ3) is 5.57. The standard InChI is InChI=1S/C16H23BrFNO2/c1-11-3-2-4-14(7-11)21-10-13(20)9-19-12-5-6-15(17)16(18)8-12/h5-6,8,11,13-14,19-20H,2-4,7,9-10H2,1H3. The van der Waals surface area contributed by atoms with Crippen LogP contribution in [0.2, 0.25) is 0 Å². The van der Waals surface area contributed by atoms with Gasteiger partial charge in [-0.3, -0.25) is 0 Å². The van der Waals surface area contributed by atoms with E-state index in [1.807, 2.05) is 0 Å². The second-order valence-electron chi connectivity index (χ2n) is 5.89. The number of hydrogen-bond acceptors (Lipinski definition) is 3. The molecule has 0 amide bonds. The summed E-state index contributed by atoms with van der Waals surface area (Å²) in [6.45, 7) is 2.92. The summed E-state index contributed by atoms with van der Waals surface area (Å²) >= 11 is 3.11. The van der Waals surface area contributed by atoms with Crippen molar-refractivity contribution >= 4 is 21.6 Å². The van der Waals surface area contributed by atoms with Crippen LogP contribution in [0.1, 0.15) is 32.6 Å². The summed E-state index contributed by atoms with van der Waals surface area (Å²) in [4.78, 5) is 0. The highest BCUT2D eigenvalue weighted by Gasteiger charge is 2.20. The summed E-state index contributed by atoms with van der Waals surface area (Å²) < 4.78 is 19.6. The predicted molar refractivity (Wildman–Crippen MR) is 86.0 cm³/mol. The molecule has 21 heavy (non-hydrogen) atoms. The van der Waals surface area contributed by atoms with Crippen LogP contribution in [0.15, 0.2) is 22.7 Å². The molecule has 1 aromatic rings. The van der Waals surface area contributed by atoms with Gasteiger partial charge in [0.15, 0.2) is 0 Å². The van der Waals surface area contributed by atoms with Gasteiger partial charge in [-0.25, -0.2) is 4.39 Å². The van der Waals surface area contributed by atoms with E-state index in [1.165, 1.54) is 18.9 Å². The summed E-state index contributed by atoms with van der Waals surface area (Å²) in [6, 6.07) is 4.81. The zero-order valence-electron chi connectivity index (χ0n) is 12.3. The zero-order valence-corrected chi connectivity index (χ0v) is 13.9. The molecular weight excluding hydrogens is 337 g/mol. The topological polar surface area (TPSA) is 41.5 Å². The number of rotatable bonds is 6. The molecule has 1 fully saturated rings. The van der Waals surface area contributed by atoms with Crippen LogP contribution in [0.4, 0.5) is 10.1 Å². The maximum Gasteiger partial charge on any atom is 0.139 e. The van der Waals surface area contributed by atoms with Crippen molar-refractivity contribution in [3.63, 3.8) is 0 Å². The number of nitrogens with one attached hydrogen (secondary N) is 1. The van der Waals surface area contributed by atoms with E-state index in [0.717, 1.165) is 12.8 Å². The van der Waals surface area contributed by atoms with Crippen LogP contribution < -0.4 is 5.32 Å². The predicted octanol–water partition coefficient (Wildman–Crippen LogP) is 3.96. The highest BCUT2D eigenvalue weighted by Crippen LogP contribution is 2.25. The molecule has 5 heteroatoms. The minimum Gasteiger partial charge on any atom is -0.389 e. The Hall–Kier alpha value is -0.650. The van der Waals surface area contributed by atoms with Crippen molar-refractivity contribution in [2.45, 2.75) is 44.8 Å². The fourth-order valence-electron chi connectivity index (χ4n) is 2.68. The smallest absolute Gasteiger partial charge is 0.139 e. The minimum atomic E-state index is -0.589. The Balaban J connectivity index is 1.69. The van der Waals surface area contributed by atoms with E-state index in [0.29, 0.717) is 29.2 Å². The molecule has 0 heterocycles. The Kier molecular flexibility index (Phi) is 6.45. The van der Waals surface area contributed by atoms with Crippen LogP contribution in [-0.2, 0) is 4.74 Å². The second kappa shape index (κ2) is 8.11. The fraction of sp³-hybridized carbons (Fsp3) is 0.625. The monoisotopic (exact) mass is 359 g/mol. The molecule has 0 bridgehead atoms. The summed E-state index contributed by atoms with van der Waals surface area (Å²) in [5, 5.41) is 13.0. The molecule has 3 nitrogen and oxygen atoms in total. The van der Waals surface area contributed by atoms with Gasteiger partial charge in [0.2, 0.25) is 0 Å². The van der Waals surface area contributed by atoms with Crippen LogP contribution in [0.5, 0.6) is 0 Å². The van der Waals surface area contributed by atoms with Gasteiger partial charge < -0.3 is 15.2 Å². The van der Waals surface area contributed by atoms with Crippen molar-refractivity contribution in [1.82, 2.24) is 0 Å². The summed E-state index contributed by atoms with van der Waals surface area (Å²) in [5.41, 5.74) is 0.654. The number of anilines is 1. The number of benzene rings is 1. The van der Waals surface area contributed by atoms with E-state index in [2.05, 4.69) is 28.2 Å². The number of hydrogen-bond donors (Lipinski definition) is 2. The van der Waals surface area contributed by atoms with Gasteiger partial charge >= 0.3 is 0 Å². The van der Waals surface area contributed by atoms with Gasteiger partial charge in [-0.2, -0.15) is 0 Å². The Labute approximate surface area is 134 Å². The van der Waals surface area contributed by atoms with Crippen LogP contribution in [-0.4, -0.2) is 30.5 Å². The SMILES string of the molecule is CC1CCCC(OCC(O)CNc2ccc(Br)c(F)c2)C1. The molecule has 2 N–H and O–H groups in total. The first-order chi connectivity index (χ1) is 10.0. The Morgan fingerprint density at radius 1 is 1.48 bits per heavy atom. The lowest BCUT2D eigenvalue weighted by Gasteiger charge is -2.27. The summed E-state index contributed by atoms with van der Waals surface area (Å²) in [7, 11) is 0. The molecule has 0 aliphatic heterocycles. The van der Waals surface area contributed by atoms with Crippen molar-refractivity contribution in [1.29, 1.82) is 0 Å². The largest absolute Gasteiger partial charge is 0.389 e. The Bertz CT molecular complexity index is 458. The molecule has 0 spiro atoms.